The highest BCUT2D eigenvalue weighted by molar-refractivity contribution is 5.89. The van der Waals surface area contributed by atoms with E-state index in [0.717, 1.165) is 37.7 Å². The average molecular weight is 409 g/mol. The van der Waals surface area contributed by atoms with E-state index >= 15 is 0 Å². The Morgan fingerprint density at radius 3 is 2.48 bits per heavy atom. The molecule has 1 aliphatic carbocycles. The number of amides is 2. The fraction of sp³-hybridized carbons (Fsp3) is 0.619. The molecular weight excluding hydrogens is 383 g/mol. The molecule has 0 radical (unpaired) electrons. The molecule has 8 heteroatoms. The maximum atomic E-state index is 12.9. The molecule has 1 aromatic rings. The predicted molar refractivity (Wildman–Crippen MR) is 101 cm³/mol. The fourth-order valence-corrected chi connectivity index (χ4v) is 4.23. The Balaban J connectivity index is 1.31. The normalized spacial score (nSPS) is 23.7. The molecule has 2 heterocycles. The van der Waals surface area contributed by atoms with Crippen molar-refractivity contribution in [2.24, 2.45) is 11.8 Å². The molecule has 1 unspecified atom stereocenters. The van der Waals surface area contributed by atoms with Crippen LogP contribution in [0.3, 0.4) is 0 Å². The van der Waals surface area contributed by atoms with Crippen LogP contribution in [-0.4, -0.2) is 65.8 Å². The van der Waals surface area contributed by atoms with E-state index in [1.54, 1.807) is 6.07 Å². The summed E-state index contributed by atoms with van der Waals surface area (Å²) in [5.74, 6) is 0.251. The van der Waals surface area contributed by atoms with Gasteiger partial charge in [0.25, 0.3) is 0 Å². The van der Waals surface area contributed by atoms with E-state index in [1.807, 2.05) is 4.90 Å². The van der Waals surface area contributed by atoms with Crippen LogP contribution < -0.4 is 0 Å². The number of piperazine rings is 1. The van der Waals surface area contributed by atoms with E-state index in [1.165, 1.54) is 23.8 Å². The predicted octanol–water partition coefficient (Wildman–Crippen LogP) is 2.61. The Hall–Kier alpha value is -2.09. The van der Waals surface area contributed by atoms with E-state index in [0.29, 0.717) is 18.7 Å². The first-order chi connectivity index (χ1) is 13.8. The first-order valence-corrected chi connectivity index (χ1v) is 10.2. The number of carbonyl (C=O) groups excluding carboxylic acids is 2. The van der Waals surface area contributed by atoms with E-state index in [4.69, 9.17) is 0 Å². The summed E-state index contributed by atoms with van der Waals surface area (Å²) in [6.07, 6.45) is -1.65. The summed E-state index contributed by atoms with van der Waals surface area (Å²) in [6.45, 7) is 4.61. The zero-order valence-electron chi connectivity index (χ0n) is 16.3. The van der Waals surface area contributed by atoms with Crippen molar-refractivity contribution in [2.75, 3.05) is 39.3 Å². The van der Waals surface area contributed by atoms with Crippen molar-refractivity contribution in [1.82, 2.24) is 14.7 Å². The van der Waals surface area contributed by atoms with Gasteiger partial charge in [-0.1, -0.05) is 12.1 Å². The molecule has 1 atom stereocenters. The number of carbonyl (C=O) groups is 2. The molecule has 3 aliphatic rings. The van der Waals surface area contributed by atoms with E-state index < -0.39 is 17.7 Å². The van der Waals surface area contributed by atoms with Crippen molar-refractivity contribution in [3.8, 4) is 0 Å². The van der Waals surface area contributed by atoms with Crippen LogP contribution in [0.5, 0.6) is 0 Å². The second-order valence-corrected chi connectivity index (χ2v) is 8.44. The third kappa shape index (κ3) is 4.91. The Morgan fingerprint density at radius 2 is 1.83 bits per heavy atom. The van der Waals surface area contributed by atoms with Gasteiger partial charge < -0.3 is 9.80 Å². The van der Waals surface area contributed by atoms with Gasteiger partial charge in [-0.15, -0.1) is 0 Å². The third-order valence-electron chi connectivity index (χ3n) is 6.09. The summed E-state index contributed by atoms with van der Waals surface area (Å²) in [5.41, 5.74) is -0.298. The minimum atomic E-state index is -4.41. The molecule has 1 aromatic carbocycles. The second kappa shape index (κ2) is 7.97. The lowest BCUT2D eigenvalue weighted by Gasteiger charge is -2.36. The third-order valence-corrected chi connectivity index (χ3v) is 6.09. The Morgan fingerprint density at radius 1 is 1.10 bits per heavy atom. The van der Waals surface area contributed by atoms with Crippen molar-refractivity contribution in [3.05, 3.63) is 35.4 Å². The number of nitrogens with zero attached hydrogens (tertiary/aromatic N) is 3. The van der Waals surface area contributed by atoms with Gasteiger partial charge in [0.1, 0.15) is 0 Å². The topological polar surface area (TPSA) is 43.9 Å². The molecule has 0 spiro atoms. The summed E-state index contributed by atoms with van der Waals surface area (Å²) in [4.78, 5) is 31.0. The summed E-state index contributed by atoms with van der Waals surface area (Å²) in [6, 6.07) is 5.02. The Kier molecular flexibility index (Phi) is 5.55. The number of hydrogen-bond acceptors (Lipinski definition) is 3. The van der Waals surface area contributed by atoms with Crippen molar-refractivity contribution >= 4 is 11.8 Å². The fourth-order valence-electron chi connectivity index (χ4n) is 4.23. The maximum absolute atomic E-state index is 12.9. The lowest BCUT2D eigenvalue weighted by atomic mass is 10.1. The first-order valence-electron chi connectivity index (χ1n) is 10.2. The largest absolute Gasteiger partial charge is 0.416 e. The van der Waals surface area contributed by atoms with Gasteiger partial charge in [-0.25, -0.2) is 0 Å². The molecule has 0 bridgehead atoms. The SMILES string of the molecule is O=C1CC(C(=O)N2CCN(CC3CC3)CC2)CN1Cc1cccc(C(F)(F)F)c1. The summed E-state index contributed by atoms with van der Waals surface area (Å²) in [5, 5.41) is 0. The van der Waals surface area contributed by atoms with Crippen molar-refractivity contribution in [2.45, 2.75) is 32.0 Å². The van der Waals surface area contributed by atoms with Crippen LogP contribution in [0.15, 0.2) is 24.3 Å². The minimum absolute atomic E-state index is 0.00374. The number of halogens is 3. The quantitative estimate of drug-likeness (QED) is 0.751. The van der Waals surface area contributed by atoms with E-state index in [-0.39, 0.29) is 31.3 Å². The summed E-state index contributed by atoms with van der Waals surface area (Å²) in [7, 11) is 0. The van der Waals surface area contributed by atoms with E-state index in [2.05, 4.69) is 4.90 Å². The highest BCUT2D eigenvalue weighted by atomic mass is 19.4. The van der Waals surface area contributed by atoms with Gasteiger partial charge in [-0.3, -0.25) is 14.5 Å². The van der Waals surface area contributed by atoms with Crippen LogP contribution in [0.2, 0.25) is 0 Å². The van der Waals surface area contributed by atoms with E-state index in [9.17, 15) is 22.8 Å². The van der Waals surface area contributed by atoms with Crippen molar-refractivity contribution in [1.29, 1.82) is 0 Å². The lowest BCUT2D eigenvalue weighted by molar-refractivity contribution is -0.138. The molecule has 0 aromatic heterocycles. The molecular formula is C21H26F3N3O2. The second-order valence-electron chi connectivity index (χ2n) is 8.44. The zero-order valence-corrected chi connectivity index (χ0v) is 16.3. The van der Waals surface area contributed by atoms with Crippen LogP contribution in [0.4, 0.5) is 13.2 Å². The molecule has 2 saturated heterocycles. The van der Waals surface area contributed by atoms with Gasteiger partial charge in [0.05, 0.1) is 11.5 Å². The Bertz CT molecular complexity index is 771. The van der Waals surface area contributed by atoms with Crippen molar-refractivity contribution < 1.29 is 22.8 Å². The number of rotatable bonds is 5. The molecule has 1 saturated carbocycles. The van der Waals surface area contributed by atoms with Crippen LogP contribution >= 0.6 is 0 Å². The molecule has 4 rings (SSSR count). The summed E-state index contributed by atoms with van der Waals surface area (Å²) >= 11 is 0. The maximum Gasteiger partial charge on any atom is 0.416 e. The van der Waals surface area contributed by atoms with Gasteiger partial charge in [-0.2, -0.15) is 13.2 Å². The number of alkyl halides is 3. The van der Waals surface area contributed by atoms with Crippen LogP contribution in [0.1, 0.15) is 30.4 Å². The Labute approximate surface area is 168 Å². The van der Waals surface area contributed by atoms with Crippen LogP contribution in [0.25, 0.3) is 0 Å². The smallest absolute Gasteiger partial charge is 0.340 e. The summed E-state index contributed by atoms with van der Waals surface area (Å²) < 4.78 is 38.7. The standard InChI is InChI=1S/C21H26F3N3O2/c22-21(23,24)18-3-1-2-16(10-18)13-27-14-17(11-19(27)28)20(29)26-8-6-25(7-9-26)12-15-4-5-15/h1-3,10,15,17H,4-9,11-14H2. The number of benzene rings is 1. The molecule has 3 fully saturated rings. The van der Waals surface area contributed by atoms with Gasteiger partial charge >= 0.3 is 6.18 Å². The monoisotopic (exact) mass is 409 g/mol. The van der Waals surface area contributed by atoms with Crippen molar-refractivity contribution in [3.63, 3.8) is 0 Å². The lowest BCUT2D eigenvalue weighted by Crippen LogP contribution is -2.51. The van der Waals surface area contributed by atoms with Crippen LogP contribution in [-0.2, 0) is 22.3 Å². The molecule has 2 amide bonds. The number of likely N-dealkylation sites (tertiary alicyclic amines) is 1. The first kappa shape index (κ1) is 20.2. The highest BCUT2D eigenvalue weighted by Gasteiger charge is 2.38. The van der Waals surface area contributed by atoms with Gasteiger partial charge in [0, 0.05) is 52.2 Å². The molecule has 29 heavy (non-hydrogen) atoms. The minimum Gasteiger partial charge on any atom is -0.340 e. The number of hydrogen-bond donors (Lipinski definition) is 0. The zero-order chi connectivity index (χ0) is 20.6. The van der Waals surface area contributed by atoms with Gasteiger partial charge in [-0.05, 0) is 36.5 Å². The van der Waals surface area contributed by atoms with Gasteiger partial charge in [0.2, 0.25) is 11.8 Å². The molecule has 158 valence electrons. The molecule has 2 aliphatic heterocycles. The molecule has 5 nitrogen and oxygen atoms in total. The highest BCUT2D eigenvalue weighted by Crippen LogP contribution is 2.31. The average Bonchev–Trinajstić information content (AvgIpc) is 3.43. The molecule has 0 N–H and O–H groups in total. The van der Waals surface area contributed by atoms with Crippen LogP contribution in [0, 0.1) is 11.8 Å². The van der Waals surface area contributed by atoms with Gasteiger partial charge in [0.15, 0.2) is 0 Å².